The highest BCUT2D eigenvalue weighted by atomic mass is 32.2. The van der Waals surface area contributed by atoms with Crippen LogP contribution in [-0.4, -0.2) is 49.3 Å². The Bertz CT molecular complexity index is 169. The van der Waals surface area contributed by atoms with E-state index in [4.69, 9.17) is 4.74 Å². The number of piperidine rings is 1. The van der Waals surface area contributed by atoms with Crippen LogP contribution in [0.15, 0.2) is 0 Å². The van der Waals surface area contributed by atoms with Crippen molar-refractivity contribution in [2.24, 2.45) is 5.92 Å². The Kier molecular flexibility index (Phi) is 7.50. The zero-order chi connectivity index (χ0) is 11.8. The molecule has 0 aromatic carbocycles. The molecule has 0 unspecified atom stereocenters. The van der Waals surface area contributed by atoms with E-state index in [-0.39, 0.29) is 0 Å². The lowest BCUT2D eigenvalue weighted by Gasteiger charge is -2.36. The lowest BCUT2D eigenvalue weighted by molar-refractivity contribution is 0.120. The van der Waals surface area contributed by atoms with Gasteiger partial charge in [0.25, 0.3) is 0 Å². The molecule has 1 fully saturated rings. The summed E-state index contributed by atoms with van der Waals surface area (Å²) in [6, 6.07) is 0.758. The zero-order valence-corrected chi connectivity index (χ0v) is 11.9. The maximum Gasteiger partial charge on any atom is 0.0464 e. The number of hydrogen-bond acceptors (Lipinski definition) is 3. The molecule has 1 saturated heterocycles. The molecule has 0 aromatic rings. The van der Waals surface area contributed by atoms with E-state index < -0.39 is 0 Å². The van der Waals surface area contributed by atoms with Crippen LogP contribution in [-0.2, 0) is 4.74 Å². The number of methoxy groups -OCH3 is 1. The predicted octanol–water partition coefficient (Wildman–Crippen LogP) is 2.88. The van der Waals surface area contributed by atoms with E-state index in [0.717, 1.165) is 18.6 Å². The van der Waals surface area contributed by atoms with Gasteiger partial charge in [0, 0.05) is 25.5 Å². The first kappa shape index (κ1) is 14.3. The Labute approximate surface area is 105 Å². The summed E-state index contributed by atoms with van der Waals surface area (Å²) in [6.07, 6.45) is 3.98. The summed E-state index contributed by atoms with van der Waals surface area (Å²) in [5.74, 6) is 3.44. The summed E-state index contributed by atoms with van der Waals surface area (Å²) in [6.45, 7) is 8.14. The van der Waals surface area contributed by atoms with Gasteiger partial charge >= 0.3 is 0 Å². The molecule has 0 N–H and O–H groups in total. The normalized spacial score (nSPS) is 21.2. The Morgan fingerprint density at radius 2 is 2.06 bits per heavy atom. The van der Waals surface area contributed by atoms with Gasteiger partial charge in [-0.3, -0.25) is 4.90 Å². The van der Waals surface area contributed by atoms with Crippen LogP contribution in [0.25, 0.3) is 0 Å². The molecule has 0 radical (unpaired) electrons. The molecule has 96 valence electrons. The first-order valence-corrected chi connectivity index (χ1v) is 7.74. The van der Waals surface area contributed by atoms with Gasteiger partial charge in [0.2, 0.25) is 0 Å². The molecule has 2 nitrogen and oxygen atoms in total. The first-order valence-electron chi connectivity index (χ1n) is 6.58. The van der Waals surface area contributed by atoms with E-state index in [2.05, 4.69) is 30.5 Å². The van der Waals surface area contributed by atoms with Crippen LogP contribution in [0, 0.1) is 5.92 Å². The Morgan fingerprint density at radius 1 is 1.38 bits per heavy atom. The summed E-state index contributed by atoms with van der Waals surface area (Å²) in [5.41, 5.74) is 0. The molecule has 0 bridgehead atoms. The molecule has 1 heterocycles. The highest BCUT2D eigenvalue weighted by molar-refractivity contribution is 7.99. The SMILES string of the molecule is CCSC[C@@H](C)N1CCC(CCOC)CC1. The molecule has 0 aliphatic carbocycles. The molecule has 0 spiro atoms. The molecule has 0 saturated carbocycles. The Morgan fingerprint density at radius 3 is 2.62 bits per heavy atom. The molecular formula is C13H27NOS. The maximum absolute atomic E-state index is 5.16. The first-order chi connectivity index (χ1) is 7.77. The fourth-order valence-corrected chi connectivity index (χ4v) is 3.15. The molecule has 1 aliphatic rings. The molecule has 16 heavy (non-hydrogen) atoms. The average molecular weight is 245 g/mol. The molecule has 0 amide bonds. The minimum atomic E-state index is 0.758. The van der Waals surface area contributed by atoms with Gasteiger partial charge in [-0.1, -0.05) is 6.92 Å². The van der Waals surface area contributed by atoms with Gasteiger partial charge < -0.3 is 4.74 Å². The van der Waals surface area contributed by atoms with Crippen molar-refractivity contribution in [1.29, 1.82) is 0 Å². The fourth-order valence-electron chi connectivity index (χ4n) is 2.36. The minimum absolute atomic E-state index is 0.758. The van der Waals surface area contributed by atoms with Crippen LogP contribution in [0.4, 0.5) is 0 Å². The second-order valence-electron chi connectivity index (χ2n) is 4.77. The minimum Gasteiger partial charge on any atom is -0.385 e. The third-order valence-corrected chi connectivity index (χ3v) is 4.69. The molecule has 1 atom stereocenters. The molecule has 0 aromatic heterocycles. The summed E-state index contributed by atoms with van der Waals surface area (Å²) >= 11 is 2.06. The van der Waals surface area contributed by atoms with Crippen molar-refractivity contribution in [1.82, 2.24) is 4.90 Å². The second-order valence-corrected chi connectivity index (χ2v) is 6.09. The topological polar surface area (TPSA) is 12.5 Å². The van der Waals surface area contributed by atoms with E-state index in [0.29, 0.717) is 0 Å². The lowest BCUT2D eigenvalue weighted by atomic mass is 9.93. The smallest absolute Gasteiger partial charge is 0.0464 e. The van der Waals surface area contributed by atoms with Gasteiger partial charge in [-0.05, 0) is 50.9 Å². The second kappa shape index (κ2) is 8.37. The van der Waals surface area contributed by atoms with Crippen LogP contribution in [0.2, 0.25) is 0 Å². The van der Waals surface area contributed by atoms with Crippen LogP contribution >= 0.6 is 11.8 Å². The van der Waals surface area contributed by atoms with Gasteiger partial charge in [0.05, 0.1) is 0 Å². The van der Waals surface area contributed by atoms with Crippen molar-refractivity contribution in [3.8, 4) is 0 Å². The van der Waals surface area contributed by atoms with E-state index in [1.54, 1.807) is 7.11 Å². The van der Waals surface area contributed by atoms with Crippen molar-refractivity contribution in [2.45, 2.75) is 39.2 Å². The highest BCUT2D eigenvalue weighted by Crippen LogP contribution is 2.22. The van der Waals surface area contributed by atoms with E-state index >= 15 is 0 Å². The monoisotopic (exact) mass is 245 g/mol. The van der Waals surface area contributed by atoms with Gasteiger partial charge in [-0.25, -0.2) is 0 Å². The average Bonchev–Trinajstić information content (AvgIpc) is 2.34. The molecule has 3 heteroatoms. The van der Waals surface area contributed by atoms with Gasteiger partial charge in [0.15, 0.2) is 0 Å². The van der Waals surface area contributed by atoms with Gasteiger partial charge in [-0.2, -0.15) is 11.8 Å². The van der Waals surface area contributed by atoms with Gasteiger partial charge in [-0.15, -0.1) is 0 Å². The summed E-state index contributed by atoms with van der Waals surface area (Å²) in [5, 5.41) is 0. The Balaban J connectivity index is 2.15. The van der Waals surface area contributed by atoms with Crippen LogP contribution in [0.3, 0.4) is 0 Å². The van der Waals surface area contributed by atoms with Crippen molar-refractivity contribution >= 4 is 11.8 Å². The van der Waals surface area contributed by atoms with E-state index in [1.165, 1.54) is 43.9 Å². The van der Waals surface area contributed by atoms with Crippen LogP contribution in [0.1, 0.15) is 33.1 Å². The summed E-state index contributed by atoms with van der Waals surface area (Å²) in [4.78, 5) is 2.66. The van der Waals surface area contributed by atoms with Crippen LogP contribution in [0.5, 0.6) is 0 Å². The zero-order valence-electron chi connectivity index (χ0n) is 11.1. The molecule has 1 rings (SSSR count). The lowest BCUT2D eigenvalue weighted by Crippen LogP contribution is -2.41. The predicted molar refractivity (Wildman–Crippen MR) is 73.3 cm³/mol. The number of hydrogen-bond donors (Lipinski definition) is 0. The molecular weight excluding hydrogens is 218 g/mol. The number of ether oxygens (including phenoxy) is 1. The number of nitrogens with zero attached hydrogens (tertiary/aromatic N) is 1. The van der Waals surface area contributed by atoms with E-state index in [1.807, 2.05) is 0 Å². The van der Waals surface area contributed by atoms with Crippen molar-refractivity contribution in [3.63, 3.8) is 0 Å². The van der Waals surface area contributed by atoms with Crippen molar-refractivity contribution in [2.75, 3.05) is 38.3 Å². The van der Waals surface area contributed by atoms with Gasteiger partial charge in [0.1, 0.15) is 0 Å². The quantitative estimate of drug-likeness (QED) is 0.684. The van der Waals surface area contributed by atoms with Crippen LogP contribution < -0.4 is 0 Å². The third-order valence-electron chi connectivity index (χ3n) is 3.57. The number of likely N-dealkylation sites (tertiary alicyclic amines) is 1. The number of rotatable bonds is 7. The third kappa shape index (κ3) is 5.07. The highest BCUT2D eigenvalue weighted by Gasteiger charge is 2.22. The standard InChI is InChI=1S/C13H27NOS/c1-4-16-11-12(2)14-8-5-13(6-9-14)7-10-15-3/h12-13H,4-11H2,1-3H3/t12-/m1/s1. The molecule has 1 aliphatic heterocycles. The fraction of sp³-hybridized carbons (Fsp3) is 1.00. The number of thioether (sulfide) groups is 1. The summed E-state index contributed by atoms with van der Waals surface area (Å²) < 4.78 is 5.16. The summed E-state index contributed by atoms with van der Waals surface area (Å²) in [7, 11) is 1.80. The van der Waals surface area contributed by atoms with E-state index in [9.17, 15) is 0 Å². The van der Waals surface area contributed by atoms with Crippen molar-refractivity contribution < 1.29 is 4.74 Å². The largest absolute Gasteiger partial charge is 0.385 e. The van der Waals surface area contributed by atoms with Crippen molar-refractivity contribution in [3.05, 3.63) is 0 Å². The Hall–Kier alpha value is 0.270. The maximum atomic E-state index is 5.16.